The van der Waals surface area contributed by atoms with Crippen LogP contribution in [0.15, 0.2) is 48.5 Å². The highest BCUT2D eigenvalue weighted by atomic mass is 16.3. The molecule has 1 aromatic heterocycles. The van der Waals surface area contributed by atoms with Crippen molar-refractivity contribution < 1.29 is 9.90 Å². The molecule has 1 heterocycles. The minimum atomic E-state index is -0.113. The number of rotatable bonds is 5. The van der Waals surface area contributed by atoms with E-state index < -0.39 is 0 Å². The predicted octanol–water partition coefficient (Wildman–Crippen LogP) is 3.33. The van der Waals surface area contributed by atoms with Gasteiger partial charge in [-0.05, 0) is 37.1 Å². The fraction of sp³-hybridized carbons (Fsp3) is 0.222. The van der Waals surface area contributed by atoms with Gasteiger partial charge in [0.05, 0.1) is 11.0 Å². The number of anilines is 1. The molecule has 2 N–H and O–H groups in total. The number of fused-ring (bicyclic) bond motifs is 1. The molecule has 5 nitrogen and oxygen atoms in total. The van der Waals surface area contributed by atoms with Gasteiger partial charge in [0, 0.05) is 13.0 Å². The van der Waals surface area contributed by atoms with Gasteiger partial charge in [-0.25, -0.2) is 4.98 Å². The third-order valence-electron chi connectivity index (χ3n) is 3.84. The number of hydrogen-bond acceptors (Lipinski definition) is 3. The van der Waals surface area contributed by atoms with E-state index in [9.17, 15) is 9.90 Å². The summed E-state index contributed by atoms with van der Waals surface area (Å²) in [5.41, 5.74) is 2.64. The summed E-state index contributed by atoms with van der Waals surface area (Å²) in [5.74, 6) is 0.676. The summed E-state index contributed by atoms with van der Waals surface area (Å²) < 4.78 is 1.98. The summed E-state index contributed by atoms with van der Waals surface area (Å²) in [4.78, 5) is 16.7. The number of para-hydroxylation sites is 3. The van der Waals surface area contributed by atoms with Crippen LogP contribution in [0.25, 0.3) is 11.0 Å². The average molecular weight is 309 g/mol. The van der Waals surface area contributed by atoms with Crippen molar-refractivity contribution in [2.45, 2.75) is 26.3 Å². The zero-order valence-electron chi connectivity index (χ0n) is 13.0. The van der Waals surface area contributed by atoms with Crippen molar-refractivity contribution in [1.82, 2.24) is 9.55 Å². The number of nitrogens with zero attached hydrogens (tertiary/aromatic N) is 2. The molecule has 3 rings (SSSR count). The number of benzene rings is 2. The maximum atomic E-state index is 12.2. The first-order valence-corrected chi connectivity index (χ1v) is 7.71. The summed E-state index contributed by atoms with van der Waals surface area (Å²) in [6.45, 7) is 2.75. The number of aryl methyl sites for hydroxylation is 2. The lowest BCUT2D eigenvalue weighted by atomic mass is 10.1. The van der Waals surface area contributed by atoms with Crippen LogP contribution in [0.5, 0.6) is 5.75 Å². The topological polar surface area (TPSA) is 67.2 Å². The third kappa shape index (κ3) is 3.18. The van der Waals surface area contributed by atoms with Crippen LogP contribution in [0.2, 0.25) is 0 Å². The predicted molar refractivity (Wildman–Crippen MR) is 90.5 cm³/mol. The van der Waals surface area contributed by atoms with Crippen molar-refractivity contribution in [3.63, 3.8) is 0 Å². The second-order valence-electron chi connectivity index (χ2n) is 5.35. The van der Waals surface area contributed by atoms with Gasteiger partial charge in [-0.15, -0.1) is 0 Å². The summed E-state index contributed by atoms with van der Waals surface area (Å²) in [5, 5.41) is 12.6. The molecule has 0 saturated heterocycles. The zero-order chi connectivity index (χ0) is 16.2. The number of phenolic OH excluding ortho intramolecular Hbond substituents is 1. The highest BCUT2D eigenvalue weighted by Gasteiger charge is 2.12. The van der Waals surface area contributed by atoms with Crippen LogP contribution in [0.3, 0.4) is 0 Å². The van der Waals surface area contributed by atoms with Crippen LogP contribution in [-0.4, -0.2) is 20.6 Å². The second kappa shape index (κ2) is 6.52. The van der Waals surface area contributed by atoms with E-state index in [1.54, 1.807) is 12.1 Å². The first kappa shape index (κ1) is 15.1. The number of amides is 1. The van der Waals surface area contributed by atoms with Crippen LogP contribution < -0.4 is 5.32 Å². The van der Waals surface area contributed by atoms with E-state index in [-0.39, 0.29) is 11.7 Å². The number of carbonyl (C=O) groups is 1. The standard InChI is InChI=1S/C18H19N3O2/c1-2-21-15-9-5-4-8-14(15)19-18(21)20-17(23)12-11-13-7-3-6-10-16(13)22/h3-10,22H,2,11-12H2,1H3,(H,19,20,23). The van der Waals surface area contributed by atoms with Crippen molar-refractivity contribution in [2.75, 3.05) is 5.32 Å². The Balaban J connectivity index is 1.72. The molecule has 0 saturated carbocycles. The van der Waals surface area contributed by atoms with Crippen molar-refractivity contribution in [1.29, 1.82) is 0 Å². The van der Waals surface area contributed by atoms with Crippen LogP contribution in [0, 0.1) is 0 Å². The van der Waals surface area contributed by atoms with E-state index in [2.05, 4.69) is 10.3 Å². The number of carbonyl (C=O) groups excluding carboxylic acids is 1. The van der Waals surface area contributed by atoms with Crippen molar-refractivity contribution >= 4 is 22.9 Å². The quantitative estimate of drug-likeness (QED) is 0.759. The number of hydrogen-bond donors (Lipinski definition) is 2. The maximum absolute atomic E-state index is 12.2. The van der Waals surface area contributed by atoms with E-state index >= 15 is 0 Å². The minimum Gasteiger partial charge on any atom is -0.508 e. The minimum absolute atomic E-state index is 0.113. The van der Waals surface area contributed by atoms with E-state index in [0.29, 0.717) is 18.8 Å². The van der Waals surface area contributed by atoms with Gasteiger partial charge in [0.2, 0.25) is 11.9 Å². The van der Waals surface area contributed by atoms with Gasteiger partial charge in [-0.3, -0.25) is 10.1 Å². The Hall–Kier alpha value is -2.82. The van der Waals surface area contributed by atoms with Crippen molar-refractivity contribution in [2.24, 2.45) is 0 Å². The third-order valence-corrected chi connectivity index (χ3v) is 3.84. The monoisotopic (exact) mass is 309 g/mol. The zero-order valence-corrected chi connectivity index (χ0v) is 13.0. The molecule has 0 aliphatic rings. The summed E-state index contributed by atoms with van der Waals surface area (Å²) in [6.07, 6.45) is 0.787. The van der Waals surface area contributed by atoms with Crippen molar-refractivity contribution in [3.8, 4) is 5.75 Å². The van der Waals surface area contributed by atoms with E-state index in [4.69, 9.17) is 0 Å². The largest absolute Gasteiger partial charge is 0.508 e. The first-order chi connectivity index (χ1) is 11.2. The fourth-order valence-electron chi connectivity index (χ4n) is 2.65. The Bertz CT molecular complexity index is 839. The number of aromatic hydroxyl groups is 1. The van der Waals surface area contributed by atoms with Gasteiger partial charge >= 0.3 is 0 Å². The molecular formula is C18H19N3O2. The van der Waals surface area contributed by atoms with Crippen LogP contribution in [-0.2, 0) is 17.8 Å². The number of phenols is 1. The Morgan fingerprint density at radius 2 is 1.91 bits per heavy atom. The summed E-state index contributed by atoms with van der Waals surface area (Å²) >= 11 is 0. The van der Waals surface area contributed by atoms with E-state index in [0.717, 1.165) is 23.1 Å². The Morgan fingerprint density at radius 3 is 2.70 bits per heavy atom. The lowest BCUT2D eigenvalue weighted by molar-refractivity contribution is -0.116. The molecule has 0 unspecified atom stereocenters. The molecule has 0 aliphatic carbocycles. The highest BCUT2D eigenvalue weighted by Crippen LogP contribution is 2.20. The molecule has 1 amide bonds. The van der Waals surface area contributed by atoms with Crippen LogP contribution in [0.4, 0.5) is 5.95 Å². The number of nitrogens with one attached hydrogen (secondary N) is 1. The van der Waals surface area contributed by atoms with Gasteiger partial charge in [0.25, 0.3) is 0 Å². The molecule has 23 heavy (non-hydrogen) atoms. The molecule has 2 aromatic carbocycles. The first-order valence-electron chi connectivity index (χ1n) is 7.71. The summed E-state index contributed by atoms with van der Waals surface area (Å²) in [6, 6.07) is 14.9. The molecule has 0 aliphatic heterocycles. The van der Waals surface area contributed by atoms with E-state index in [1.807, 2.05) is 47.9 Å². The molecule has 0 spiro atoms. The molecule has 3 aromatic rings. The molecule has 0 bridgehead atoms. The highest BCUT2D eigenvalue weighted by molar-refractivity contribution is 5.91. The Labute approximate surface area is 134 Å². The Morgan fingerprint density at radius 1 is 1.17 bits per heavy atom. The van der Waals surface area contributed by atoms with E-state index in [1.165, 1.54) is 0 Å². The molecule has 0 fully saturated rings. The molecule has 118 valence electrons. The second-order valence-corrected chi connectivity index (χ2v) is 5.35. The number of aromatic nitrogens is 2. The van der Waals surface area contributed by atoms with Gasteiger partial charge < -0.3 is 9.67 Å². The number of imidazole rings is 1. The molecule has 0 radical (unpaired) electrons. The van der Waals surface area contributed by atoms with Gasteiger partial charge in [0.15, 0.2) is 0 Å². The fourth-order valence-corrected chi connectivity index (χ4v) is 2.65. The lowest BCUT2D eigenvalue weighted by Crippen LogP contribution is -2.16. The van der Waals surface area contributed by atoms with Crippen LogP contribution in [0.1, 0.15) is 18.9 Å². The molecule has 0 atom stereocenters. The summed E-state index contributed by atoms with van der Waals surface area (Å²) in [7, 11) is 0. The normalized spacial score (nSPS) is 10.8. The lowest BCUT2D eigenvalue weighted by Gasteiger charge is -2.08. The van der Waals surface area contributed by atoms with Crippen molar-refractivity contribution in [3.05, 3.63) is 54.1 Å². The van der Waals surface area contributed by atoms with Gasteiger partial charge in [-0.1, -0.05) is 30.3 Å². The maximum Gasteiger partial charge on any atom is 0.227 e. The smallest absolute Gasteiger partial charge is 0.227 e. The molecular weight excluding hydrogens is 290 g/mol. The van der Waals surface area contributed by atoms with Gasteiger partial charge in [-0.2, -0.15) is 0 Å². The van der Waals surface area contributed by atoms with Gasteiger partial charge in [0.1, 0.15) is 5.75 Å². The Kier molecular flexibility index (Phi) is 4.28. The van der Waals surface area contributed by atoms with Crippen LogP contribution >= 0.6 is 0 Å². The molecule has 5 heteroatoms. The SMILES string of the molecule is CCn1c(NC(=O)CCc2ccccc2O)nc2ccccc21. The average Bonchev–Trinajstić information content (AvgIpc) is 2.91.